The number of para-hydroxylation sites is 1. The Morgan fingerprint density at radius 2 is 2.06 bits per heavy atom. The van der Waals surface area contributed by atoms with Gasteiger partial charge in [-0.3, -0.25) is 0 Å². The van der Waals surface area contributed by atoms with E-state index in [2.05, 4.69) is 16.7 Å². The molecule has 1 saturated heterocycles. The van der Waals surface area contributed by atoms with E-state index in [0.29, 0.717) is 5.92 Å². The van der Waals surface area contributed by atoms with Gasteiger partial charge in [-0.2, -0.15) is 0 Å². The minimum atomic E-state index is -0.497. The second kappa shape index (κ2) is 5.68. The Hall–Kier alpha value is -1.55. The van der Waals surface area contributed by atoms with Gasteiger partial charge in [0.2, 0.25) is 0 Å². The lowest BCUT2D eigenvalue weighted by Gasteiger charge is -2.23. The summed E-state index contributed by atoms with van der Waals surface area (Å²) < 4.78 is 0. The van der Waals surface area contributed by atoms with Gasteiger partial charge in [0.1, 0.15) is 0 Å². The zero-order valence-corrected chi connectivity index (χ0v) is 9.91. The van der Waals surface area contributed by atoms with Gasteiger partial charge in [-0.1, -0.05) is 18.2 Å². The maximum atomic E-state index is 10.9. The number of carbonyl (C=O) groups is 1. The van der Waals surface area contributed by atoms with Crippen LogP contribution in [-0.2, 0) is 6.42 Å². The van der Waals surface area contributed by atoms with E-state index >= 15 is 0 Å². The normalized spacial score (nSPS) is 16.7. The van der Waals surface area contributed by atoms with E-state index in [0.717, 1.165) is 25.2 Å². The Morgan fingerprint density at radius 1 is 1.35 bits per heavy atom. The fourth-order valence-corrected chi connectivity index (χ4v) is 2.35. The molecule has 4 nitrogen and oxygen atoms in total. The molecular weight excluding hydrogens is 214 g/mol. The number of anilines is 1. The third-order valence-corrected chi connectivity index (χ3v) is 3.24. The summed E-state index contributed by atoms with van der Waals surface area (Å²) >= 11 is 0. The molecule has 2 amide bonds. The second-order valence-corrected chi connectivity index (χ2v) is 4.54. The smallest absolute Gasteiger partial charge is 0.316 e. The van der Waals surface area contributed by atoms with E-state index in [1.54, 1.807) is 0 Å². The zero-order valence-electron chi connectivity index (χ0n) is 9.91. The summed E-state index contributed by atoms with van der Waals surface area (Å²) in [5.74, 6) is 0.701. The van der Waals surface area contributed by atoms with Gasteiger partial charge in [-0.15, -0.1) is 0 Å². The van der Waals surface area contributed by atoms with Gasteiger partial charge in [0.15, 0.2) is 0 Å². The van der Waals surface area contributed by atoms with Crippen LogP contribution in [0.3, 0.4) is 0 Å². The van der Waals surface area contributed by atoms with E-state index in [1.807, 2.05) is 18.2 Å². The Morgan fingerprint density at radius 3 is 2.76 bits per heavy atom. The maximum absolute atomic E-state index is 10.9. The number of carbonyl (C=O) groups excluding carboxylic acids is 1. The molecule has 0 bridgehead atoms. The summed E-state index contributed by atoms with van der Waals surface area (Å²) in [6.07, 6.45) is 3.41. The first-order valence-electron chi connectivity index (χ1n) is 6.11. The van der Waals surface area contributed by atoms with Crippen molar-refractivity contribution in [3.05, 3.63) is 29.8 Å². The van der Waals surface area contributed by atoms with Crippen LogP contribution in [0.5, 0.6) is 0 Å². The highest BCUT2D eigenvalue weighted by Gasteiger charge is 2.15. The molecule has 0 atom stereocenters. The molecule has 1 heterocycles. The van der Waals surface area contributed by atoms with Crippen LogP contribution in [0.1, 0.15) is 18.4 Å². The van der Waals surface area contributed by atoms with Crippen LogP contribution in [0.15, 0.2) is 24.3 Å². The van der Waals surface area contributed by atoms with Crippen LogP contribution in [0.4, 0.5) is 10.5 Å². The number of primary amides is 1. The lowest BCUT2D eigenvalue weighted by atomic mass is 9.90. The molecule has 1 aliphatic rings. The molecule has 1 aromatic rings. The van der Waals surface area contributed by atoms with Crippen molar-refractivity contribution >= 4 is 11.7 Å². The van der Waals surface area contributed by atoms with Gasteiger partial charge in [0.25, 0.3) is 0 Å². The molecule has 1 aliphatic heterocycles. The van der Waals surface area contributed by atoms with Crippen molar-refractivity contribution in [2.24, 2.45) is 11.7 Å². The highest BCUT2D eigenvalue weighted by Crippen LogP contribution is 2.23. The summed E-state index contributed by atoms with van der Waals surface area (Å²) in [5.41, 5.74) is 7.19. The topological polar surface area (TPSA) is 67.2 Å². The lowest BCUT2D eigenvalue weighted by molar-refractivity contribution is 0.259. The summed E-state index contributed by atoms with van der Waals surface area (Å²) in [6.45, 7) is 2.19. The molecule has 0 aliphatic carbocycles. The monoisotopic (exact) mass is 233 g/mol. The summed E-state index contributed by atoms with van der Waals surface area (Å²) in [6, 6.07) is 7.39. The lowest BCUT2D eigenvalue weighted by Crippen LogP contribution is -2.29. The average molecular weight is 233 g/mol. The Kier molecular flexibility index (Phi) is 3.98. The van der Waals surface area contributed by atoms with Crippen molar-refractivity contribution in [2.75, 3.05) is 18.4 Å². The van der Waals surface area contributed by atoms with Gasteiger partial charge in [0.05, 0.1) is 0 Å². The van der Waals surface area contributed by atoms with Crippen LogP contribution in [0.2, 0.25) is 0 Å². The van der Waals surface area contributed by atoms with E-state index in [1.165, 1.54) is 18.4 Å². The summed E-state index contributed by atoms with van der Waals surface area (Å²) in [5, 5.41) is 6.04. The Bertz CT molecular complexity index is 386. The highest BCUT2D eigenvalue weighted by atomic mass is 16.2. The molecule has 17 heavy (non-hydrogen) atoms. The van der Waals surface area contributed by atoms with Gasteiger partial charge in [0, 0.05) is 5.69 Å². The molecule has 4 N–H and O–H groups in total. The van der Waals surface area contributed by atoms with Crippen molar-refractivity contribution in [2.45, 2.75) is 19.3 Å². The SMILES string of the molecule is NC(=O)Nc1ccccc1CC1CCNCC1. The number of amides is 2. The molecular formula is C13H19N3O. The van der Waals surface area contributed by atoms with Gasteiger partial charge in [-0.25, -0.2) is 4.79 Å². The number of piperidine rings is 1. The highest BCUT2D eigenvalue weighted by molar-refractivity contribution is 5.88. The molecule has 0 aromatic heterocycles. The van der Waals surface area contributed by atoms with Crippen LogP contribution in [0.25, 0.3) is 0 Å². The quantitative estimate of drug-likeness (QED) is 0.744. The summed E-state index contributed by atoms with van der Waals surface area (Å²) in [4.78, 5) is 10.9. The standard InChI is InChI=1S/C13H19N3O/c14-13(17)16-12-4-2-1-3-11(12)9-10-5-7-15-8-6-10/h1-4,10,15H,5-9H2,(H3,14,16,17). The van der Waals surface area contributed by atoms with Gasteiger partial charge >= 0.3 is 6.03 Å². The number of rotatable bonds is 3. The minimum Gasteiger partial charge on any atom is -0.351 e. The van der Waals surface area contributed by atoms with Crippen LogP contribution >= 0.6 is 0 Å². The van der Waals surface area contributed by atoms with E-state index in [9.17, 15) is 4.79 Å². The van der Waals surface area contributed by atoms with Crippen molar-refractivity contribution in [3.8, 4) is 0 Å². The molecule has 0 saturated carbocycles. The van der Waals surface area contributed by atoms with Crippen molar-refractivity contribution in [1.29, 1.82) is 0 Å². The fraction of sp³-hybridized carbons (Fsp3) is 0.462. The van der Waals surface area contributed by atoms with Gasteiger partial charge < -0.3 is 16.4 Å². The molecule has 92 valence electrons. The molecule has 0 radical (unpaired) electrons. The number of nitrogens with one attached hydrogen (secondary N) is 2. The van der Waals surface area contributed by atoms with E-state index in [-0.39, 0.29) is 0 Å². The largest absolute Gasteiger partial charge is 0.351 e. The predicted molar refractivity (Wildman–Crippen MR) is 68.9 cm³/mol. The zero-order chi connectivity index (χ0) is 12.1. The van der Waals surface area contributed by atoms with Crippen LogP contribution in [-0.4, -0.2) is 19.1 Å². The van der Waals surface area contributed by atoms with Crippen molar-refractivity contribution in [1.82, 2.24) is 5.32 Å². The number of hydrogen-bond donors (Lipinski definition) is 3. The number of nitrogens with two attached hydrogens (primary N) is 1. The first kappa shape index (κ1) is 11.9. The Labute approximate surface area is 102 Å². The number of hydrogen-bond acceptors (Lipinski definition) is 2. The third-order valence-electron chi connectivity index (χ3n) is 3.24. The fourth-order valence-electron chi connectivity index (χ4n) is 2.35. The maximum Gasteiger partial charge on any atom is 0.316 e. The predicted octanol–water partition coefficient (Wildman–Crippen LogP) is 1.72. The van der Waals surface area contributed by atoms with Gasteiger partial charge in [-0.05, 0) is 49.9 Å². The number of urea groups is 1. The molecule has 0 spiro atoms. The minimum absolute atomic E-state index is 0.497. The molecule has 4 heteroatoms. The average Bonchev–Trinajstić information content (AvgIpc) is 2.32. The van der Waals surface area contributed by atoms with E-state index in [4.69, 9.17) is 5.73 Å². The Balaban J connectivity index is 2.05. The van der Waals surface area contributed by atoms with Crippen LogP contribution in [0, 0.1) is 5.92 Å². The second-order valence-electron chi connectivity index (χ2n) is 4.54. The molecule has 1 aromatic carbocycles. The van der Waals surface area contributed by atoms with E-state index < -0.39 is 6.03 Å². The number of benzene rings is 1. The first-order valence-corrected chi connectivity index (χ1v) is 6.11. The molecule has 1 fully saturated rings. The summed E-state index contributed by atoms with van der Waals surface area (Å²) in [7, 11) is 0. The van der Waals surface area contributed by atoms with Crippen LogP contribution < -0.4 is 16.4 Å². The third kappa shape index (κ3) is 3.46. The first-order chi connectivity index (χ1) is 8.25. The van der Waals surface area contributed by atoms with Crippen molar-refractivity contribution < 1.29 is 4.79 Å². The molecule has 2 rings (SSSR count). The molecule has 0 unspecified atom stereocenters. The van der Waals surface area contributed by atoms with Crippen molar-refractivity contribution in [3.63, 3.8) is 0 Å².